The fourth-order valence-corrected chi connectivity index (χ4v) is 3.02. The van der Waals surface area contributed by atoms with E-state index in [4.69, 9.17) is 4.74 Å². The van der Waals surface area contributed by atoms with Crippen LogP contribution in [-0.2, 0) is 4.74 Å². The van der Waals surface area contributed by atoms with E-state index < -0.39 is 5.60 Å². The van der Waals surface area contributed by atoms with E-state index >= 15 is 0 Å². The Labute approximate surface area is 143 Å². The third-order valence-corrected chi connectivity index (χ3v) is 4.79. The molecule has 0 aromatic rings. The minimum absolute atomic E-state index is 0.424. The van der Waals surface area contributed by atoms with Gasteiger partial charge in [-0.15, -0.1) is 6.58 Å². The molecule has 1 rings (SSSR count). The van der Waals surface area contributed by atoms with Crippen LogP contribution in [-0.4, -0.2) is 23.4 Å². The smallest absolute Gasteiger partial charge is 0.0800 e. The van der Waals surface area contributed by atoms with Crippen LogP contribution in [0.3, 0.4) is 0 Å². The third kappa shape index (κ3) is 9.12. The molecular formula is C21H36O2. The molecule has 0 spiro atoms. The maximum Gasteiger partial charge on any atom is 0.0800 e. The highest BCUT2D eigenvalue weighted by Crippen LogP contribution is 2.24. The summed E-state index contributed by atoms with van der Waals surface area (Å²) in [5.74, 6) is 0.805. The summed E-state index contributed by atoms with van der Waals surface area (Å²) in [6.45, 7) is 13.1. The number of hydrogen-bond acceptors (Lipinski definition) is 2. The van der Waals surface area contributed by atoms with Crippen molar-refractivity contribution in [1.29, 1.82) is 0 Å². The highest BCUT2D eigenvalue weighted by molar-refractivity contribution is 5.05. The monoisotopic (exact) mass is 320 g/mol. The summed E-state index contributed by atoms with van der Waals surface area (Å²) in [5.41, 5.74) is 2.10. The topological polar surface area (TPSA) is 29.5 Å². The van der Waals surface area contributed by atoms with Crippen molar-refractivity contribution in [2.24, 2.45) is 5.92 Å². The Morgan fingerprint density at radius 3 is 2.61 bits per heavy atom. The van der Waals surface area contributed by atoms with Gasteiger partial charge in [-0.1, -0.05) is 36.3 Å². The SMILES string of the molecule is C=CC(C)(O)CCC=C(C)CCC=C(C)CC1CC(C)CCO1. The molecule has 2 heteroatoms. The molecule has 1 N–H and O–H groups in total. The highest BCUT2D eigenvalue weighted by Gasteiger charge is 2.19. The number of allylic oxidation sites excluding steroid dienone is 3. The summed E-state index contributed by atoms with van der Waals surface area (Å²) in [6, 6.07) is 0. The largest absolute Gasteiger partial charge is 0.386 e. The normalized spacial score (nSPS) is 26.0. The maximum absolute atomic E-state index is 9.89. The van der Waals surface area contributed by atoms with E-state index in [9.17, 15) is 5.11 Å². The van der Waals surface area contributed by atoms with Gasteiger partial charge >= 0.3 is 0 Å². The molecule has 1 aliphatic heterocycles. The van der Waals surface area contributed by atoms with Crippen molar-refractivity contribution in [3.8, 4) is 0 Å². The average molecular weight is 321 g/mol. The minimum Gasteiger partial charge on any atom is -0.386 e. The van der Waals surface area contributed by atoms with E-state index in [-0.39, 0.29) is 0 Å². The van der Waals surface area contributed by atoms with E-state index in [2.05, 4.69) is 39.5 Å². The van der Waals surface area contributed by atoms with E-state index in [0.29, 0.717) is 6.10 Å². The summed E-state index contributed by atoms with van der Waals surface area (Å²) in [7, 11) is 0. The van der Waals surface area contributed by atoms with Crippen LogP contribution in [0.5, 0.6) is 0 Å². The lowest BCUT2D eigenvalue weighted by atomic mass is 9.93. The molecule has 0 saturated carbocycles. The van der Waals surface area contributed by atoms with Crippen LogP contribution in [0.1, 0.15) is 72.6 Å². The zero-order valence-electron chi connectivity index (χ0n) is 15.6. The third-order valence-electron chi connectivity index (χ3n) is 4.79. The molecule has 0 aromatic carbocycles. The van der Waals surface area contributed by atoms with Crippen LogP contribution in [0.25, 0.3) is 0 Å². The van der Waals surface area contributed by atoms with Gasteiger partial charge in [-0.25, -0.2) is 0 Å². The van der Waals surface area contributed by atoms with Crippen LogP contribution in [0, 0.1) is 5.92 Å². The highest BCUT2D eigenvalue weighted by atomic mass is 16.5. The van der Waals surface area contributed by atoms with Crippen molar-refractivity contribution in [3.63, 3.8) is 0 Å². The Bertz CT molecular complexity index is 418. The van der Waals surface area contributed by atoms with Crippen LogP contribution in [0.15, 0.2) is 36.0 Å². The van der Waals surface area contributed by atoms with Gasteiger partial charge < -0.3 is 9.84 Å². The van der Waals surface area contributed by atoms with Gasteiger partial charge in [0.2, 0.25) is 0 Å². The molecule has 0 aliphatic carbocycles. The first-order valence-corrected chi connectivity index (χ1v) is 9.11. The number of hydrogen-bond donors (Lipinski definition) is 1. The van der Waals surface area contributed by atoms with Crippen LogP contribution in [0.4, 0.5) is 0 Å². The lowest BCUT2D eigenvalue weighted by Crippen LogP contribution is -2.24. The summed E-state index contributed by atoms with van der Waals surface area (Å²) in [4.78, 5) is 0. The first-order valence-electron chi connectivity index (χ1n) is 9.11. The molecule has 0 radical (unpaired) electrons. The van der Waals surface area contributed by atoms with Gasteiger partial charge in [0, 0.05) is 6.61 Å². The van der Waals surface area contributed by atoms with Crippen LogP contribution >= 0.6 is 0 Å². The molecule has 3 atom stereocenters. The molecule has 23 heavy (non-hydrogen) atoms. The van der Waals surface area contributed by atoms with Crippen molar-refractivity contribution in [3.05, 3.63) is 36.0 Å². The second kappa shape index (κ2) is 10.1. The lowest BCUT2D eigenvalue weighted by molar-refractivity contribution is -0.00408. The first kappa shape index (κ1) is 20.2. The van der Waals surface area contributed by atoms with Gasteiger partial charge in [-0.05, 0) is 71.6 Å². The van der Waals surface area contributed by atoms with Crippen molar-refractivity contribution in [1.82, 2.24) is 0 Å². The molecule has 3 unspecified atom stereocenters. The Balaban J connectivity index is 2.26. The second-order valence-corrected chi connectivity index (χ2v) is 7.57. The summed E-state index contributed by atoms with van der Waals surface area (Å²) < 4.78 is 5.86. The predicted octanol–water partition coefficient (Wildman–Crippen LogP) is 5.58. The van der Waals surface area contributed by atoms with E-state index in [0.717, 1.165) is 44.6 Å². The fraction of sp³-hybridized carbons (Fsp3) is 0.714. The van der Waals surface area contributed by atoms with Gasteiger partial charge in [0.25, 0.3) is 0 Å². The molecule has 0 aromatic heterocycles. The second-order valence-electron chi connectivity index (χ2n) is 7.57. The van der Waals surface area contributed by atoms with Gasteiger partial charge in [-0.2, -0.15) is 0 Å². The zero-order chi connectivity index (χ0) is 17.3. The molecule has 0 bridgehead atoms. The predicted molar refractivity (Wildman–Crippen MR) is 99.6 cm³/mol. The standard InChI is InChI=1S/C21H36O2/c1-6-21(5,22)13-8-11-17(2)9-7-10-18(3)15-20-16-19(4)12-14-23-20/h6,10-11,19-20,22H,1,7-9,12-16H2,2-5H3. The lowest BCUT2D eigenvalue weighted by Gasteiger charge is -2.27. The van der Waals surface area contributed by atoms with Crippen molar-refractivity contribution in [2.45, 2.75) is 84.3 Å². The molecule has 132 valence electrons. The number of aliphatic hydroxyl groups is 1. The van der Waals surface area contributed by atoms with E-state index in [1.54, 1.807) is 6.08 Å². The minimum atomic E-state index is -0.746. The number of ether oxygens (including phenoxy) is 1. The summed E-state index contributed by atoms with van der Waals surface area (Å²) >= 11 is 0. The first-order chi connectivity index (χ1) is 10.8. The summed E-state index contributed by atoms with van der Waals surface area (Å²) in [6.07, 6.45) is 14.0. The van der Waals surface area contributed by atoms with Crippen LogP contribution < -0.4 is 0 Å². The van der Waals surface area contributed by atoms with E-state index in [1.165, 1.54) is 24.0 Å². The molecule has 1 aliphatic rings. The molecule has 1 saturated heterocycles. The van der Waals surface area contributed by atoms with Crippen molar-refractivity contribution in [2.75, 3.05) is 6.61 Å². The van der Waals surface area contributed by atoms with Gasteiger partial charge in [0.15, 0.2) is 0 Å². The van der Waals surface area contributed by atoms with Gasteiger partial charge in [0.05, 0.1) is 11.7 Å². The molecular weight excluding hydrogens is 284 g/mol. The molecule has 1 fully saturated rings. The Morgan fingerprint density at radius 2 is 1.96 bits per heavy atom. The van der Waals surface area contributed by atoms with Crippen LogP contribution in [0.2, 0.25) is 0 Å². The zero-order valence-corrected chi connectivity index (χ0v) is 15.6. The van der Waals surface area contributed by atoms with E-state index in [1.807, 2.05) is 6.92 Å². The maximum atomic E-state index is 9.89. The number of rotatable bonds is 9. The molecule has 1 heterocycles. The molecule has 2 nitrogen and oxygen atoms in total. The van der Waals surface area contributed by atoms with Crippen molar-refractivity contribution < 1.29 is 9.84 Å². The quantitative estimate of drug-likeness (QED) is 0.562. The molecule has 0 amide bonds. The Morgan fingerprint density at radius 1 is 1.26 bits per heavy atom. The van der Waals surface area contributed by atoms with Crippen molar-refractivity contribution >= 4 is 0 Å². The fourth-order valence-electron chi connectivity index (χ4n) is 3.02. The Hall–Kier alpha value is -0.860. The Kier molecular flexibility index (Phi) is 8.86. The summed E-state index contributed by atoms with van der Waals surface area (Å²) in [5, 5.41) is 9.89. The van der Waals surface area contributed by atoms with Gasteiger partial charge in [-0.3, -0.25) is 0 Å². The average Bonchev–Trinajstić information content (AvgIpc) is 2.47. The van der Waals surface area contributed by atoms with Gasteiger partial charge in [0.1, 0.15) is 0 Å².